The highest BCUT2D eigenvalue weighted by Gasteiger charge is 2.18. The van der Waals surface area contributed by atoms with Gasteiger partial charge in [0, 0.05) is 36.8 Å². The largest absolute Gasteiger partial charge is 0.440 e. The third-order valence-corrected chi connectivity index (χ3v) is 3.20. The fourth-order valence-electron chi connectivity index (χ4n) is 2.12. The van der Waals surface area contributed by atoms with Gasteiger partial charge in [0.2, 0.25) is 5.88 Å². The summed E-state index contributed by atoms with van der Waals surface area (Å²) in [6.45, 7) is 6.13. The third kappa shape index (κ3) is 2.12. The molecule has 2 rings (SSSR count). The number of ether oxygens (including phenoxy) is 1. The first-order chi connectivity index (χ1) is 8.69. The lowest BCUT2D eigenvalue weighted by Gasteiger charge is -2.24. The van der Waals surface area contributed by atoms with E-state index in [4.69, 9.17) is 15.7 Å². The number of fused-ring (bicyclic) bond motifs is 1. The summed E-state index contributed by atoms with van der Waals surface area (Å²) in [7, 11) is 0. The first kappa shape index (κ1) is 12.3. The Bertz CT molecular complexity index is 524. The average molecular weight is 243 g/mol. The molecule has 0 spiro atoms. The summed E-state index contributed by atoms with van der Waals surface area (Å²) in [6.07, 6.45) is 0.552. The van der Waals surface area contributed by atoms with E-state index in [-0.39, 0.29) is 5.88 Å². The molecular weight excluding hydrogens is 226 g/mol. The Hall–Kier alpha value is -2.15. The molecule has 0 aliphatic carbocycles. The smallest absolute Gasteiger partial charge is 0.205 e. The second-order valence-corrected chi connectivity index (χ2v) is 4.20. The van der Waals surface area contributed by atoms with Gasteiger partial charge in [-0.15, -0.1) is 0 Å². The molecule has 0 radical (unpaired) electrons. The van der Waals surface area contributed by atoms with E-state index >= 15 is 0 Å². The van der Waals surface area contributed by atoms with Crippen molar-refractivity contribution in [3.63, 3.8) is 0 Å². The molecule has 0 fully saturated rings. The van der Waals surface area contributed by atoms with Crippen molar-refractivity contribution in [2.24, 2.45) is 5.73 Å². The van der Waals surface area contributed by atoms with Crippen molar-refractivity contribution < 1.29 is 4.74 Å². The van der Waals surface area contributed by atoms with Gasteiger partial charge in [0.1, 0.15) is 11.8 Å². The molecule has 1 aliphatic rings. The molecular formula is C14H17N3O. The Morgan fingerprint density at radius 1 is 1.39 bits per heavy atom. The molecule has 2 N–H and O–H groups in total. The maximum atomic E-state index is 8.93. The lowest BCUT2D eigenvalue weighted by Crippen LogP contribution is -2.22. The molecule has 1 aromatic rings. The van der Waals surface area contributed by atoms with Gasteiger partial charge in [0.05, 0.1) is 5.57 Å². The zero-order chi connectivity index (χ0) is 13.1. The normalized spacial score (nSPS) is 13.6. The standard InChI is InChI=1S/C14H17N3O/c1-3-17(4-2)12-6-5-10-7-11(9-15)14(16)18-13(10)8-12/h5-6,8H,3-4,7,16H2,1-2H3. The van der Waals surface area contributed by atoms with Gasteiger partial charge in [-0.2, -0.15) is 5.26 Å². The van der Waals surface area contributed by atoms with E-state index in [1.807, 2.05) is 12.1 Å². The molecule has 0 unspecified atom stereocenters. The van der Waals surface area contributed by atoms with Crippen LogP contribution in [0, 0.1) is 11.3 Å². The number of nitrogens with zero attached hydrogens (tertiary/aromatic N) is 2. The van der Waals surface area contributed by atoms with Gasteiger partial charge in [0.25, 0.3) is 0 Å². The maximum absolute atomic E-state index is 8.93. The summed E-state index contributed by atoms with van der Waals surface area (Å²) in [5, 5.41) is 8.93. The number of hydrogen-bond acceptors (Lipinski definition) is 4. The fourth-order valence-corrected chi connectivity index (χ4v) is 2.12. The van der Waals surface area contributed by atoms with Crippen LogP contribution in [0.1, 0.15) is 19.4 Å². The highest BCUT2D eigenvalue weighted by Crippen LogP contribution is 2.32. The van der Waals surface area contributed by atoms with E-state index < -0.39 is 0 Å². The molecule has 0 saturated heterocycles. The molecule has 4 nitrogen and oxygen atoms in total. The van der Waals surface area contributed by atoms with Crippen molar-refractivity contribution in [2.75, 3.05) is 18.0 Å². The molecule has 0 bridgehead atoms. The topological polar surface area (TPSA) is 62.3 Å². The molecule has 4 heteroatoms. The molecule has 18 heavy (non-hydrogen) atoms. The van der Waals surface area contributed by atoms with Crippen molar-refractivity contribution in [2.45, 2.75) is 20.3 Å². The summed E-state index contributed by atoms with van der Waals surface area (Å²) in [6, 6.07) is 8.13. The van der Waals surface area contributed by atoms with Crippen molar-refractivity contribution in [1.29, 1.82) is 5.26 Å². The molecule has 1 aliphatic heterocycles. The van der Waals surface area contributed by atoms with E-state index in [0.717, 1.165) is 30.1 Å². The van der Waals surface area contributed by atoms with Crippen molar-refractivity contribution in [3.8, 4) is 11.8 Å². The highest BCUT2D eigenvalue weighted by atomic mass is 16.5. The number of hydrogen-bond donors (Lipinski definition) is 1. The summed E-state index contributed by atoms with van der Waals surface area (Å²) in [5.41, 5.74) is 8.34. The Kier molecular flexibility index (Phi) is 3.42. The summed E-state index contributed by atoms with van der Waals surface area (Å²) in [4.78, 5) is 2.24. The minimum absolute atomic E-state index is 0.224. The van der Waals surface area contributed by atoms with Crippen LogP contribution in [0.15, 0.2) is 29.7 Å². The Morgan fingerprint density at radius 3 is 2.72 bits per heavy atom. The van der Waals surface area contributed by atoms with Crippen LogP contribution in [0.25, 0.3) is 0 Å². The minimum Gasteiger partial charge on any atom is -0.440 e. The summed E-state index contributed by atoms with van der Waals surface area (Å²) >= 11 is 0. The first-order valence-electron chi connectivity index (χ1n) is 6.14. The molecule has 1 aromatic carbocycles. The van der Waals surface area contributed by atoms with Gasteiger partial charge in [-0.25, -0.2) is 0 Å². The number of allylic oxidation sites excluding steroid dienone is 1. The van der Waals surface area contributed by atoms with E-state index in [9.17, 15) is 0 Å². The zero-order valence-electron chi connectivity index (χ0n) is 10.7. The minimum atomic E-state index is 0.224. The molecule has 94 valence electrons. The summed E-state index contributed by atoms with van der Waals surface area (Å²) in [5.74, 6) is 0.984. The monoisotopic (exact) mass is 243 g/mol. The van der Waals surface area contributed by atoms with Crippen molar-refractivity contribution >= 4 is 5.69 Å². The van der Waals surface area contributed by atoms with Crippen LogP contribution in [0.5, 0.6) is 5.75 Å². The predicted octanol–water partition coefficient (Wildman–Crippen LogP) is 2.16. The van der Waals surface area contributed by atoms with Crippen LogP contribution in [-0.4, -0.2) is 13.1 Å². The van der Waals surface area contributed by atoms with E-state index in [0.29, 0.717) is 12.0 Å². The highest BCUT2D eigenvalue weighted by molar-refractivity contribution is 5.56. The lowest BCUT2D eigenvalue weighted by molar-refractivity contribution is 0.399. The van der Waals surface area contributed by atoms with Gasteiger partial charge < -0.3 is 15.4 Å². The van der Waals surface area contributed by atoms with Crippen LogP contribution < -0.4 is 15.4 Å². The molecule has 0 amide bonds. The summed E-state index contributed by atoms with van der Waals surface area (Å²) < 4.78 is 5.52. The Labute approximate surface area is 107 Å². The number of rotatable bonds is 3. The zero-order valence-corrected chi connectivity index (χ0v) is 10.7. The van der Waals surface area contributed by atoms with Gasteiger partial charge in [-0.1, -0.05) is 6.07 Å². The van der Waals surface area contributed by atoms with Crippen LogP contribution in [0.2, 0.25) is 0 Å². The van der Waals surface area contributed by atoms with Crippen LogP contribution in [0.4, 0.5) is 5.69 Å². The van der Waals surface area contributed by atoms with Crippen LogP contribution in [-0.2, 0) is 6.42 Å². The number of nitriles is 1. The second kappa shape index (κ2) is 5.01. The maximum Gasteiger partial charge on any atom is 0.205 e. The number of anilines is 1. The number of nitrogens with two attached hydrogens (primary N) is 1. The van der Waals surface area contributed by atoms with Gasteiger partial charge in [-0.3, -0.25) is 0 Å². The lowest BCUT2D eigenvalue weighted by atomic mass is 10.0. The van der Waals surface area contributed by atoms with Gasteiger partial charge >= 0.3 is 0 Å². The first-order valence-corrected chi connectivity index (χ1v) is 6.14. The third-order valence-electron chi connectivity index (χ3n) is 3.20. The van der Waals surface area contributed by atoms with Gasteiger partial charge in [-0.05, 0) is 19.9 Å². The van der Waals surface area contributed by atoms with Crippen LogP contribution >= 0.6 is 0 Å². The van der Waals surface area contributed by atoms with E-state index in [2.05, 4.69) is 30.9 Å². The second-order valence-electron chi connectivity index (χ2n) is 4.20. The molecule has 0 saturated carbocycles. The fraction of sp³-hybridized carbons (Fsp3) is 0.357. The quantitative estimate of drug-likeness (QED) is 0.883. The van der Waals surface area contributed by atoms with Crippen molar-refractivity contribution in [3.05, 3.63) is 35.2 Å². The van der Waals surface area contributed by atoms with E-state index in [1.54, 1.807) is 0 Å². The Balaban J connectivity index is 2.33. The SMILES string of the molecule is CCN(CC)c1ccc2c(c1)OC(N)=C(C#N)C2. The van der Waals surface area contributed by atoms with Crippen LogP contribution in [0.3, 0.4) is 0 Å². The molecule has 1 heterocycles. The number of benzene rings is 1. The van der Waals surface area contributed by atoms with Crippen molar-refractivity contribution in [1.82, 2.24) is 0 Å². The molecule has 0 atom stereocenters. The van der Waals surface area contributed by atoms with E-state index in [1.165, 1.54) is 0 Å². The van der Waals surface area contributed by atoms with Gasteiger partial charge in [0.15, 0.2) is 0 Å². The average Bonchev–Trinajstić information content (AvgIpc) is 2.39. The predicted molar refractivity (Wildman–Crippen MR) is 71.2 cm³/mol. The Morgan fingerprint density at radius 2 is 2.11 bits per heavy atom. The molecule has 0 aromatic heterocycles.